The maximum Gasteiger partial charge on any atom is 0.259 e. The molecule has 5 heteroatoms. The molecule has 0 saturated heterocycles. The Balaban J connectivity index is 1.91. The summed E-state index contributed by atoms with van der Waals surface area (Å²) in [6, 6.07) is 10.1. The van der Waals surface area contributed by atoms with Gasteiger partial charge in [0.25, 0.3) is 5.56 Å². The number of pyridine rings is 1. The zero-order chi connectivity index (χ0) is 17.1. The van der Waals surface area contributed by atoms with E-state index in [2.05, 4.69) is 11.1 Å². The monoisotopic (exact) mass is 332 g/mol. The van der Waals surface area contributed by atoms with Gasteiger partial charge in [0.1, 0.15) is 6.10 Å². The number of benzene rings is 1. The molecule has 0 aliphatic carbocycles. The Morgan fingerprint density at radius 2 is 2.16 bits per heavy atom. The van der Waals surface area contributed by atoms with Gasteiger partial charge in [0.05, 0.1) is 22.9 Å². The van der Waals surface area contributed by atoms with E-state index in [-0.39, 0.29) is 5.56 Å². The molecule has 0 saturated carbocycles. The van der Waals surface area contributed by atoms with Crippen molar-refractivity contribution in [1.82, 2.24) is 9.55 Å². The highest BCUT2D eigenvalue weighted by Crippen LogP contribution is 2.32. The van der Waals surface area contributed by atoms with Crippen LogP contribution in [0.5, 0.6) is 0 Å². The van der Waals surface area contributed by atoms with E-state index in [1.807, 2.05) is 24.3 Å². The molecule has 4 heterocycles. The lowest BCUT2D eigenvalue weighted by molar-refractivity contribution is -0.104. The third-order valence-corrected chi connectivity index (χ3v) is 5.24. The minimum absolute atomic E-state index is 0.120. The van der Waals surface area contributed by atoms with Gasteiger partial charge in [-0.1, -0.05) is 18.2 Å². The summed E-state index contributed by atoms with van der Waals surface area (Å²) in [7, 11) is 0. The van der Waals surface area contributed by atoms with Crippen LogP contribution < -0.4 is 16.0 Å². The molecule has 2 aromatic heterocycles. The minimum Gasteiger partial charge on any atom is -0.493 e. The third kappa shape index (κ3) is 1.83. The molecule has 2 aliphatic rings. The van der Waals surface area contributed by atoms with Crippen molar-refractivity contribution < 1.29 is 9.53 Å². The second kappa shape index (κ2) is 4.96. The standard InChI is InChI=1S/C20H16N2O3/c1-11-15(9-23)18-12(10-25-11)8-17-19-14(6-7-22(17)20(18)24)13-4-2-3-5-16(13)21-19/h2-5,8-11,21H,6-7H2,1H3. The molecule has 5 rings (SSSR count). The van der Waals surface area contributed by atoms with Crippen molar-refractivity contribution >= 4 is 29.0 Å². The fourth-order valence-electron chi connectivity index (χ4n) is 3.99. The van der Waals surface area contributed by atoms with E-state index in [4.69, 9.17) is 4.74 Å². The average Bonchev–Trinajstić information content (AvgIpc) is 3.01. The zero-order valence-electron chi connectivity index (χ0n) is 13.7. The molecule has 5 nitrogen and oxygen atoms in total. The van der Waals surface area contributed by atoms with Crippen LogP contribution in [0.1, 0.15) is 12.5 Å². The summed E-state index contributed by atoms with van der Waals surface area (Å²) in [5.41, 5.74) is 4.43. The van der Waals surface area contributed by atoms with Gasteiger partial charge >= 0.3 is 0 Å². The number of aryl methyl sites for hydroxylation is 1. The summed E-state index contributed by atoms with van der Waals surface area (Å²) in [6.45, 7) is 2.39. The fraction of sp³-hybridized carbons (Fsp3) is 0.200. The molecule has 1 unspecified atom stereocenters. The summed E-state index contributed by atoms with van der Waals surface area (Å²) in [5.74, 6) is 0. The number of carbonyl (C=O) groups is 1. The van der Waals surface area contributed by atoms with E-state index in [0.29, 0.717) is 22.6 Å². The number of para-hydroxylation sites is 1. The van der Waals surface area contributed by atoms with Gasteiger partial charge in [-0.25, -0.2) is 0 Å². The van der Waals surface area contributed by atoms with Gasteiger partial charge in [-0.15, -0.1) is 0 Å². The quantitative estimate of drug-likeness (QED) is 0.678. The number of aldehydes is 1. The van der Waals surface area contributed by atoms with Crippen molar-refractivity contribution in [1.29, 1.82) is 0 Å². The van der Waals surface area contributed by atoms with Crippen LogP contribution >= 0.6 is 0 Å². The largest absolute Gasteiger partial charge is 0.493 e. The summed E-state index contributed by atoms with van der Waals surface area (Å²) < 4.78 is 7.32. The van der Waals surface area contributed by atoms with E-state index in [1.165, 1.54) is 10.9 Å². The Labute approximate surface area is 142 Å². The predicted octanol–water partition coefficient (Wildman–Crippen LogP) is 1.06. The first-order valence-corrected chi connectivity index (χ1v) is 8.38. The smallest absolute Gasteiger partial charge is 0.259 e. The Kier molecular flexibility index (Phi) is 2.83. The first-order chi connectivity index (χ1) is 12.2. The molecule has 25 heavy (non-hydrogen) atoms. The first-order valence-electron chi connectivity index (χ1n) is 8.38. The van der Waals surface area contributed by atoms with Crippen LogP contribution in [-0.4, -0.2) is 21.9 Å². The Hall–Kier alpha value is -3.08. The van der Waals surface area contributed by atoms with Gasteiger partial charge in [0, 0.05) is 28.2 Å². The summed E-state index contributed by atoms with van der Waals surface area (Å²) in [4.78, 5) is 28.0. The van der Waals surface area contributed by atoms with Gasteiger partial charge in [-0.3, -0.25) is 9.59 Å². The van der Waals surface area contributed by atoms with Crippen LogP contribution in [0.3, 0.4) is 0 Å². The molecule has 3 aromatic rings. The molecule has 0 spiro atoms. The number of ether oxygens (including phenoxy) is 1. The number of aromatic nitrogens is 2. The molecule has 0 bridgehead atoms. The van der Waals surface area contributed by atoms with Crippen LogP contribution in [0.15, 0.2) is 35.1 Å². The van der Waals surface area contributed by atoms with Crippen molar-refractivity contribution in [2.45, 2.75) is 26.0 Å². The lowest BCUT2D eigenvalue weighted by Gasteiger charge is -2.22. The molecular weight excluding hydrogens is 316 g/mol. The van der Waals surface area contributed by atoms with Crippen molar-refractivity contribution in [2.75, 3.05) is 0 Å². The molecule has 0 amide bonds. The SMILES string of the molecule is CC1OC=c2cc3n(c(=O)c2=C1C=O)CCc1c-3[nH]c2ccccc12. The molecule has 1 aromatic carbocycles. The number of hydrogen-bond acceptors (Lipinski definition) is 3. The van der Waals surface area contributed by atoms with Crippen LogP contribution in [0.25, 0.3) is 34.1 Å². The highest BCUT2D eigenvalue weighted by atomic mass is 16.5. The van der Waals surface area contributed by atoms with Gasteiger partial charge in [0.2, 0.25) is 0 Å². The van der Waals surface area contributed by atoms with E-state index in [1.54, 1.807) is 17.8 Å². The van der Waals surface area contributed by atoms with E-state index in [9.17, 15) is 9.59 Å². The van der Waals surface area contributed by atoms with Crippen LogP contribution in [0, 0.1) is 0 Å². The number of nitrogens with zero attached hydrogens (tertiary/aromatic N) is 1. The minimum atomic E-state index is -0.399. The molecule has 2 aliphatic heterocycles. The number of rotatable bonds is 1. The highest BCUT2D eigenvalue weighted by molar-refractivity contribution is 6.00. The average molecular weight is 332 g/mol. The number of fused-ring (bicyclic) bond motifs is 6. The lowest BCUT2D eigenvalue weighted by Crippen LogP contribution is -2.51. The number of nitrogens with one attached hydrogen (secondary N) is 1. The molecule has 1 atom stereocenters. The van der Waals surface area contributed by atoms with Crippen molar-refractivity contribution in [3.8, 4) is 11.4 Å². The summed E-state index contributed by atoms with van der Waals surface area (Å²) in [6.07, 6.45) is 2.72. The Morgan fingerprint density at radius 1 is 1.32 bits per heavy atom. The highest BCUT2D eigenvalue weighted by Gasteiger charge is 2.24. The van der Waals surface area contributed by atoms with Crippen LogP contribution in [0.4, 0.5) is 0 Å². The number of aromatic amines is 1. The number of hydrogen-bond donors (Lipinski definition) is 1. The second-order valence-corrected chi connectivity index (χ2v) is 6.56. The van der Waals surface area contributed by atoms with Gasteiger partial charge < -0.3 is 14.3 Å². The van der Waals surface area contributed by atoms with Crippen molar-refractivity contribution in [2.24, 2.45) is 0 Å². The summed E-state index contributed by atoms with van der Waals surface area (Å²) >= 11 is 0. The van der Waals surface area contributed by atoms with Crippen LogP contribution in [-0.2, 0) is 22.5 Å². The summed E-state index contributed by atoms with van der Waals surface area (Å²) in [5, 5.41) is 2.34. The number of H-pyrrole nitrogens is 1. The maximum absolute atomic E-state index is 13.1. The predicted molar refractivity (Wildman–Crippen MR) is 95.4 cm³/mol. The molecule has 0 fully saturated rings. The lowest BCUT2D eigenvalue weighted by atomic mass is 9.99. The molecule has 1 N–H and O–H groups in total. The topological polar surface area (TPSA) is 64.1 Å². The third-order valence-electron chi connectivity index (χ3n) is 5.24. The van der Waals surface area contributed by atoms with Gasteiger partial charge in [0.15, 0.2) is 6.29 Å². The maximum atomic E-state index is 13.1. The van der Waals surface area contributed by atoms with Gasteiger partial charge in [-0.05, 0) is 31.0 Å². The zero-order valence-corrected chi connectivity index (χ0v) is 13.7. The van der Waals surface area contributed by atoms with Gasteiger partial charge in [-0.2, -0.15) is 0 Å². The van der Waals surface area contributed by atoms with E-state index < -0.39 is 6.10 Å². The molecular formula is C20H16N2O3. The molecule has 124 valence electrons. The molecule has 0 radical (unpaired) electrons. The van der Waals surface area contributed by atoms with Crippen molar-refractivity contribution in [3.63, 3.8) is 0 Å². The Bertz CT molecular complexity index is 1230. The first kappa shape index (κ1) is 14.3. The Morgan fingerprint density at radius 3 is 3.00 bits per heavy atom. The second-order valence-electron chi connectivity index (χ2n) is 6.56. The van der Waals surface area contributed by atoms with Crippen molar-refractivity contribution in [3.05, 3.63) is 56.7 Å². The van der Waals surface area contributed by atoms with E-state index in [0.717, 1.165) is 29.6 Å². The fourth-order valence-corrected chi connectivity index (χ4v) is 3.99. The normalized spacial score (nSPS) is 18.0. The number of carbonyl (C=O) groups excluding carboxylic acids is 1. The van der Waals surface area contributed by atoms with Crippen LogP contribution in [0.2, 0.25) is 0 Å². The van der Waals surface area contributed by atoms with E-state index >= 15 is 0 Å².